The molecule has 2 N–H and O–H groups in total. The molecule has 1 amide bonds. The molecular weight excluding hydrogens is 600 g/mol. The summed E-state index contributed by atoms with van der Waals surface area (Å²) in [5, 5.41) is 12.6. The number of aliphatic hydroxyl groups excluding tert-OH is 1. The van der Waals surface area contributed by atoms with Crippen molar-refractivity contribution in [3.8, 4) is 11.1 Å². The standard InChI is InChI=1S/C40H42N4O4/c1-28-37(26-44(2)22-19-36-10-3-4-21-42-36)47-40(48-38(28)32-13-11-29(27-45)12-14-32)33-17-15-31(16-18-33)34-8-5-7-30(23-34)24-43-39(46)35-9-6-20-41-25-35/h3-18,20-21,23,25,28,37-38,40,45H,19,22,24,26-27H2,1-2H3,(H,43,46). The lowest BCUT2D eigenvalue weighted by molar-refractivity contribution is -0.275. The summed E-state index contributed by atoms with van der Waals surface area (Å²) >= 11 is 0. The number of hydrogen-bond donors (Lipinski definition) is 2. The topological polar surface area (TPSA) is 96.8 Å². The molecule has 1 aliphatic heterocycles. The Balaban J connectivity index is 1.16. The second-order valence-electron chi connectivity index (χ2n) is 12.4. The lowest BCUT2D eigenvalue weighted by atomic mass is 9.90. The molecule has 8 heteroatoms. The fraction of sp³-hybridized carbons (Fsp3) is 0.275. The van der Waals surface area contributed by atoms with Gasteiger partial charge in [0.15, 0.2) is 6.29 Å². The van der Waals surface area contributed by atoms with Crippen LogP contribution in [0, 0.1) is 5.92 Å². The molecule has 1 fully saturated rings. The number of ether oxygens (including phenoxy) is 2. The van der Waals surface area contributed by atoms with E-state index in [-0.39, 0.29) is 30.6 Å². The molecule has 0 bridgehead atoms. The van der Waals surface area contributed by atoms with Gasteiger partial charge in [-0.05, 0) is 65.2 Å². The van der Waals surface area contributed by atoms with Crippen molar-refractivity contribution in [2.75, 3.05) is 20.1 Å². The molecule has 1 aliphatic rings. The summed E-state index contributed by atoms with van der Waals surface area (Å²) < 4.78 is 13.4. The van der Waals surface area contributed by atoms with Crippen LogP contribution in [0.1, 0.15) is 57.6 Å². The van der Waals surface area contributed by atoms with Gasteiger partial charge in [-0.1, -0.05) is 79.7 Å². The molecule has 48 heavy (non-hydrogen) atoms. The third-order valence-electron chi connectivity index (χ3n) is 8.91. The minimum Gasteiger partial charge on any atom is -0.392 e. The number of aromatic nitrogens is 2. The van der Waals surface area contributed by atoms with Crippen LogP contribution in [0.4, 0.5) is 0 Å². The highest BCUT2D eigenvalue weighted by Crippen LogP contribution is 2.42. The molecule has 5 aromatic rings. The van der Waals surface area contributed by atoms with E-state index in [9.17, 15) is 9.90 Å². The first-order valence-electron chi connectivity index (χ1n) is 16.4. The fourth-order valence-corrected chi connectivity index (χ4v) is 6.05. The molecule has 0 saturated carbocycles. The number of hydrogen-bond acceptors (Lipinski definition) is 7. The van der Waals surface area contributed by atoms with Crippen LogP contribution in [0.25, 0.3) is 11.1 Å². The zero-order valence-corrected chi connectivity index (χ0v) is 27.4. The maximum Gasteiger partial charge on any atom is 0.253 e. The van der Waals surface area contributed by atoms with Gasteiger partial charge in [0.2, 0.25) is 0 Å². The van der Waals surface area contributed by atoms with E-state index in [1.165, 1.54) is 0 Å². The molecule has 0 aliphatic carbocycles. The zero-order valence-electron chi connectivity index (χ0n) is 27.4. The Hall–Kier alpha value is -4.73. The molecule has 246 valence electrons. The van der Waals surface area contributed by atoms with E-state index in [4.69, 9.17) is 9.47 Å². The largest absolute Gasteiger partial charge is 0.392 e. The number of likely N-dealkylation sites (N-methyl/N-ethyl adjacent to an activating group) is 1. The normalized spacial score (nSPS) is 19.2. The van der Waals surface area contributed by atoms with Gasteiger partial charge in [0.05, 0.1) is 24.4 Å². The van der Waals surface area contributed by atoms with Crippen molar-refractivity contribution in [2.45, 2.75) is 45.0 Å². The monoisotopic (exact) mass is 642 g/mol. The zero-order chi connectivity index (χ0) is 33.3. The maximum absolute atomic E-state index is 12.5. The number of benzene rings is 3. The van der Waals surface area contributed by atoms with Crippen LogP contribution in [0.3, 0.4) is 0 Å². The minimum absolute atomic E-state index is 0.00603. The molecular formula is C40H42N4O4. The Kier molecular flexibility index (Phi) is 11.0. The third kappa shape index (κ3) is 8.40. The minimum atomic E-state index is -0.541. The van der Waals surface area contributed by atoms with Crippen molar-refractivity contribution in [2.24, 2.45) is 5.92 Å². The van der Waals surface area contributed by atoms with E-state index >= 15 is 0 Å². The van der Waals surface area contributed by atoms with Gasteiger partial charge in [-0.2, -0.15) is 0 Å². The van der Waals surface area contributed by atoms with Crippen LogP contribution in [0.15, 0.2) is 122 Å². The second-order valence-corrected chi connectivity index (χ2v) is 12.4. The van der Waals surface area contributed by atoms with Gasteiger partial charge in [-0.15, -0.1) is 0 Å². The van der Waals surface area contributed by atoms with E-state index in [0.29, 0.717) is 12.1 Å². The van der Waals surface area contributed by atoms with Crippen LogP contribution < -0.4 is 5.32 Å². The summed E-state index contributed by atoms with van der Waals surface area (Å²) in [6.07, 6.45) is 5.13. The number of aliphatic hydroxyl groups is 1. The summed E-state index contributed by atoms with van der Waals surface area (Å²) in [7, 11) is 2.13. The number of nitrogens with zero attached hydrogens (tertiary/aromatic N) is 3. The second kappa shape index (κ2) is 15.9. The quantitative estimate of drug-likeness (QED) is 0.160. The van der Waals surface area contributed by atoms with Gasteiger partial charge in [-0.3, -0.25) is 14.8 Å². The number of carbonyl (C=O) groups is 1. The van der Waals surface area contributed by atoms with Gasteiger partial charge in [0, 0.05) is 61.8 Å². The highest BCUT2D eigenvalue weighted by molar-refractivity contribution is 5.93. The Labute approximate surface area is 282 Å². The fourth-order valence-electron chi connectivity index (χ4n) is 6.05. The van der Waals surface area contributed by atoms with Crippen molar-refractivity contribution in [3.05, 3.63) is 155 Å². The Morgan fingerprint density at radius 1 is 0.854 bits per heavy atom. The first-order valence-corrected chi connectivity index (χ1v) is 16.4. The third-order valence-corrected chi connectivity index (χ3v) is 8.91. The number of pyridine rings is 2. The lowest BCUT2D eigenvalue weighted by Crippen LogP contribution is -2.43. The van der Waals surface area contributed by atoms with Crippen LogP contribution in [-0.2, 0) is 29.0 Å². The summed E-state index contributed by atoms with van der Waals surface area (Å²) in [5.41, 5.74) is 7.62. The van der Waals surface area contributed by atoms with E-state index in [0.717, 1.165) is 58.6 Å². The van der Waals surface area contributed by atoms with Crippen molar-refractivity contribution in [1.29, 1.82) is 0 Å². The molecule has 4 atom stereocenters. The molecule has 6 rings (SSSR count). The lowest BCUT2D eigenvalue weighted by Gasteiger charge is -2.42. The Morgan fingerprint density at radius 2 is 1.67 bits per heavy atom. The molecule has 4 unspecified atom stereocenters. The first-order chi connectivity index (χ1) is 23.5. The Morgan fingerprint density at radius 3 is 2.40 bits per heavy atom. The molecule has 0 radical (unpaired) electrons. The van der Waals surface area contributed by atoms with Crippen molar-refractivity contribution in [3.63, 3.8) is 0 Å². The van der Waals surface area contributed by atoms with Gasteiger partial charge in [0.25, 0.3) is 5.91 Å². The highest BCUT2D eigenvalue weighted by atomic mass is 16.7. The predicted octanol–water partition coefficient (Wildman–Crippen LogP) is 6.53. The molecule has 3 aromatic carbocycles. The molecule has 1 saturated heterocycles. The van der Waals surface area contributed by atoms with Crippen molar-refractivity contribution in [1.82, 2.24) is 20.2 Å². The molecule has 3 heterocycles. The van der Waals surface area contributed by atoms with E-state index < -0.39 is 6.29 Å². The van der Waals surface area contributed by atoms with Crippen LogP contribution in [-0.4, -0.2) is 52.1 Å². The summed E-state index contributed by atoms with van der Waals surface area (Å²) in [4.78, 5) is 23.3. The number of amides is 1. The van der Waals surface area contributed by atoms with Crippen LogP contribution >= 0.6 is 0 Å². The van der Waals surface area contributed by atoms with Gasteiger partial charge >= 0.3 is 0 Å². The highest BCUT2D eigenvalue weighted by Gasteiger charge is 2.38. The SMILES string of the molecule is CC1C(CN(C)CCc2ccccn2)OC(c2ccc(-c3cccc(CNC(=O)c4cccnc4)c3)cc2)OC1c1ccc(CO)cc1. The van der Waals surface area contributed by atoms with E-state index in [2.05, 4.69) is 76.6 Å². The average molecular weight is 643 g/mol. The van der Waals surface area contributed by atoms with Gasteiger partial charge < -0.3 is 24.8 Å². The first kappa shape index (κ1) is 33.2. The number of carbonyl (C=O) groups excluding carboxylic acids is 1. The number of nitrogens with one attached hydrogen (secondary N) is 1. The smallest absolute Gasteiger partial charge is 0.253 e. The molecule has 0 spiro atoms. The van der Waals surface area contributed by atoms with Crippen molar-refractivity contribution < 1.29 is 19.4 Å². The van der Waals surface area contributed by atoms with E-state index in [1.807, 2.05) is 54.7 Å². The van der Waals surface area contributed by atoms with Crippen LogP contribution in [0.5, 0.6) is 0 Å². The van der Waals surface area contributed by atoms with Crippen LogP contribution in [0.2, 0.25) is 0 Å². The number of rotatable bonds is 12. The van der Waals surface area contributed by atoms with Gasteiger partial charge in [-0.25, -0.2) is 0 Å². The van der Waals surface area contributed by atoms with E-state index in [1.54, 1.807) is 24.5 Å². The average Bonchev–Trinajstić information content (AvgIpc) is 3.15. The maximum atomic E-state index is 12.5. The van der Waals surface area contributed by atoms with Crippen molar-refractivity contribution >= 4 is 5.91 Å². The summed E-state index contributed by atoms with van der Waals surface area (Å²) in [5.74, 6) is -0.0563. The summed E-state index contributed by atoms with van der Waals surface area (Å²) in [6, 6.07) is 34.0. The summed E-state index contributed by atoms with van der Waals surface area (Å²) in [6.45, 7) is 4.23. The Bertz CT molecular complexity index is 1750. The molecule has 8 nitrogen and oxygen atoms in total. The van der Waals surface area contributed by atoms with Gasteiger partial charge in [0.1, 0.15) is 0 Å². The molecule has 2 aromatic heterocycles. The predicted molar refractivity (Wildman–Crippen MR) is 186 cm³/mol.